The minimum absolute atomic E-state index is 0.0427. The highest BCUT2D eigenvalue weighted by Crippen LogP contribution is 2.09. The number of hydrogen-bond acceptors (Lipinski definition) is 3. The summed E-state index contributed by atoms with van der Waals surface area (Å²) in [4.78, 5) is 23.9. The van der Waals surface area contributed by atoms with Gasteiger partial charge in [-0.1, -0.05) is 23.7 Å². The Morgan fingerprint density at radius 2 is 1.95 bits per heavy atom. The number of nitrogens with zero attached hydrogens (tertiary/aromatic N) is 1. The van der Waals surface area contributed by atoms with Crippen molar-refractivity contribution in [2.45, 2.75) is 19.5 Å². The molecular weight excluding hydrogens is 268 g/mol. The molecule has 1 unspecified atom stereocenters. The fraction of sp³-hybridized carbons (Fsp3) is 0.385. The van der Waals surface area contributed by atoms with Crippen molar-refractivity contribution in [2.75, 3.05) is 13.6 Å². The summed E-state index contributed by atoms with van der Waals surface area (Å²) in [5.74, 6) is -1.17. The molecule has 0 radical (unpaired) electrons. The van der Waals surface area contributed by atoms with E-state index in [1.165, 1.54) is 11.8 Å². The van der Waals surface area contributed by atoms with Crippen molar-refractivity contribution in [3.63, 3.8) is 0 Å². The van der Waals surface area contributed by atoms with Gasteiger partial charge in [0.15, 0.2) is 0 Å². The molecule has 1 rings (SSSR count). The molecule has 0 aliphatic carbocycles. The normalized spacial score (nSPS) is 12.2. The van der Waals surface area contributed by atoms with Crippen LogP contribution < -0.4 is 5.32 Å². The fourth-order valence-corrected chi connectivity index (χ4v) is 1.54. The van der Waals surface area contributed by atoms with Crippen LogP contribution in [0.25, 0.3) is 0 Å². The Bertz CT molecular complexity index is 448. The SMILES string of the molecule is CC(C(=O)O)N(C)CC(=O)NCc1ccc(Cl)cc1. The zero-order valence-electron chi connectivity index (χ0n) is 10.9. The first kappa shape index (κ1) is 15.5. The number of hydrogen-bond donors (Lipinski definition) is 2. The molecule has 0 saturated carbocycles. The van der Waals surface area contributed by atoms with E-state index in [-0.39, 0.29) is 12.5 Å². The zero-order chi connectivity index (χ0) is 14.4. The highest BCUT2D eigenvalue weighted by Gasteiger charge is 2.18. The first-order chi connectivity index (χ1) is 8.90. The van der Waals surface area contributed by atoms with Crippen molar-refractivity contribution in [1.29, 1.82) is 0 Å². The third kappa shape index (κ3) is 5.28. The van der Waals surface area contributed by atoms with Gasteiger partial charge in [-0.2, -0.15) is 0 Å². The number of nitrogens with one attached hydrogen (secondary N) is 1. The standard InChI is InChI=1S/C13H17ClN2O3/c1-9(13(18)19)16(2)8-12(17)15-7-10-3-5-11(14)6-4-10/h3-6,9H,7-8H2,1-2H3,(H,15,17)(H,18,19). The predicted octanol–water partition coefficient (Wildman–Crippen LogP) is 1.36. The Labute approximate surface area is 117 Å². The zero-order valence-corrected chi connectivity index (χ0v) is 11.6. The molecule has 1 aromatic rings. The number of carboxylic acids is 1. The number of likely N-dealkylation sites (N-methyl/N-ethyl adjacent to an activating group) is 1. The van der Waals surface area contributed by atoms with E-state index in [0.717, 1.165) is 5.56 Å². The van der Waals surface area contributed by atoms with Gasteiger partial charge in [0.2, 0.25) is 5.91 Å². The van der Waals surface area contributed by atoms with Crippen molar-refractivity contribution < 1.29 is 14.7 Å². The van der Waals surface area contributed by atoms with Crippen LogP contribution in [-0.2, 0) is 16.1 Å². The number of amides is 1. The van der Waals surface area contributed by atoms with Crippen LogP contribution in [0.1, 0.15) is 12.5 Å². The summed E-state index contributed by atoms with van der Waals surface area (Å²) in [6.45, 7) is 1.97. The van der Waals surface area contributed by atoms with Gasteiger partial charge < -0.3 is 10.4 Å². The largest absolute Gasteiger partial charge is 0.480 e. The summed E-state index contributed by atoms with van der Waals surface area (Å²) in [7, 11) is 1.60. The molecule has 0 spiro atoms. The highest BCUT2D eigenvalue weighted by atomic mass is 35.5. The Morgan fingerprint density at radius 3 is 2.47 bits per heavy atom. The molecule has 1 atom stereocenters. The van der Waals surface area contributed by atoms with Gasteiger partial charge in [-0.15, -0.1) is 0 Å². The maximum absolute atomic E-state index is 11.6. The monoisotopic (exact) mass is 284 g/mol. The lowest BCUT2D eigenvalue weighted by Gasteiger charge is -2.20. The van der Waals surface area contributed by atoms with Gasteiger partial charge in [0, 0.05) is 11.6 Å². The van der Waals surface area contributed by atoms with Crippen LogP contribution in [-0.4, -0.2) is 41.5 Å². The minimum atomic E-state index is -0.951. The van der Waals surface area contributed by atoms with Gasteiger partial charge in [-0.3, -0.25) is 14.5 Å². The highest BCUT2D eigenvalue weighted by molar-refractivity contribution is 6.30. The van der Waals surface area contributed by atoms with E-state index < -0.39 is 12.0 Å². The van der Waals surface area contributed by atoms with E-state index >= 15 is 0 Å². The lowest BCUT2D eigenvalue weighted by Crippen LogP contribution is -2.42. The molecular formula is C13H17ClN2O3. The van der Waals surface area contributed by atoms with E-state index in [0.29, 0.717) is 11.6 Å². The summed E-state index contributed by atoms with van der Waals surface area (Å²) < 4.78 is 0. The first-order valence-electron chi connectivity index (χ1n) is 5.84. The number of aliphatic carboxylic acids is 1. The molecule has 1 amide bonds. The third-order valence-electron chi connectivity index (χ3n) is 2.81. The maximum atomic E-state index is 11.6. The third-order valence-corrected chi connectivity index (χ3v) is 3.07. The molecule has 104 valence electrons. The first-order valence-corrected chi connectivity index (χ1v) is 6.22. The molecule has 0 fully saturated rings. The van der Waals surface area contributed by atoms with Crippen LogP contribution >= 0.6 is 11.6 Å². The molecule has 0 aromatic heterocycles. The van der Waals surface area contributed by atoms with Crippen molar-refractivity contribution in [1.82, 2.24) is 10.2 Å². The molecule has 2 N–H and O–H groups in total. The van der Waals surface area contributed by atoms with Crippen molar-refractivity contribution in [2.24, 2.45) is 0 Å². The number of benzene rings is 1. The van der Waals surface area contributed by atoms with Crippen LogP contribution in [0, 0.1) is 0 Å². The molecule has 0 saturated heterocycles. The molecule has 0 bridgehead atoms. The molecule has 19 heavy (non-hydrogen) atoms. The van der Waals surface area contributed by atoms with Crippen molar-refractivity contribution >= 4 is 23.5 Å². The van der Waals surface area contributed by atoms with Gasteiger partial charge in [0.05, 0.1) is 6.54 Å². The summed E-state index contributed by atoms with van der Waals surface area (Å²) in [6, 6.07) is 6.46. The summed E-state index contributed by atoms with van der Waals surface area (Å²) >= 11 is 5.76. The van der Waals surface area contributed by atoms with Gasteiger partial charge in [0.1, 0.15) is 6.04 Å². The second-order valence-electron chi connectivity index (χ2n) is 4.33. The van der Waals surface area contributed by atoms with Crippen LogP contribution in [0.15, 0.2) is 24.3 Å². The molecule has 1 aromatic carbocycles. The number of halogens is 1. The predicted molar refractivity (Wildman–Crippen MR) is 73.0 cm³/mol. The minimum Gasteiger partial charge on any atom is -0.480 e. The molecule has 0 heterocycles. The van der Waals surface area contributed by atoms with E-state index in [1.807, 2.05) is 12.1 Å². The van der Waals surface area contributed by atoms with Crippen LogP contribution in [0.4, 0.5) is 0 Å². The molecule has 6 heteroatoms. The van der Waals surface area contributed by atoms with Gasteiger partial charge in [-0.05, 0) is 31.7 Å². The van der Waals surface area contributed by atoms with Gasteiger partial charge >= 0.3 is 5.97 Å². The maximum Gasteiger partial charge on any atom is 0.320 e. The fourth-order valence-electron chi connectivity index (χ4n) is 1.41. The summed E-state index contributed by atoms with van der Waals surface area (Å²) in [5.41, 5.74) is 0.937. The second-order valence-corrected chi connectivity index (χ2v) is 4.77. The van der Waals surface area contributed by atoms with Crippen LogP contribution in [0.5, 0.6) is 0 Å². The Balaban J connectivity index is 2.39. The lowest BCUT2D eigenvalue weighted by molar-refractivity contribution is -0.142. The van der Waals surface area contributed by atoms with E-state index in [2.05, 4.69) is 5.32 Å². The van der Waals surface area contributed by atoms with E-state index in [1.54, 1.807) is 19.2 Å². The quantitative estimate of drug-likeness (QED) is 0.828. The van der Waals surface area contributed by atoms with Crippen LogP contribution in [0.3, 0.4) is 0 Å². The number of rotatable bonds is 6. The Kier molecular flexibility index (Phi) is 5.79. The lowest BCUT2D eigenvalue weighted by atomic mass is 10.2. The average molecular weight is 285 g/mol. The van der Waals surface area contributed by atoms with Crippen LogP contribution in [0.2, 0.25) is 5.02 Å². The number of carbonyl (C=O) groups excluding carboxylic acids is 1. The number of carbonyl (C=O) groups is 2. The molecule has 5 nitrogen and oxygen atoms in total. The number of carboxylic acid groups (broad SMARTS) is 1. The van der Waals surface area contributed by atoms with Gasteiger partial charge in [0.25, 0.3) is 0 Å². The molecule has 0 aliphatic rings. The second kappa shape index (κ2) is 7.11. The van der Waals surface area contributed by atoms with Gasteiger partial charge in [-0.25, -0.2) is 0 Å². The molecule has 0 aliphatic heterocycles. The van der Waals surface area contributed by atoms with E-state index in [9.17, 15) is 9.59 Å². The summed E-state index contributed by atoms with van der Waals surface area (Å²) in [6.07, 6.45) is 0. The Hall–Kier alpha value is -1.59. The Morgan fingerprint density at radius 1 is 1.37 bits per heavy atom. The van der Waals surface area contributed by atoms with Crippen molar-refractivity contribution in [3.05, 3.63) is 34.9 Å². The van der Waals surface area contributed by atoms with E-state index in [4.69, 9.17) is 16.7 Å². The summed E-state index contributed by atoms with van der Waals surface area (Å²) in [5, 5.41) is 12.2. The average Bonchev–Trinajstić information content (AvgIpc) is 2.37. The topological polar surface area (TPSA) is 69.6 Å². The smallest absolute Gasteiger partial charge is 0.320 e. The van der Waals surface area contributed by atoms with Crippen molar-refractivity contribution in [3.8, 4) is 0 Å².